The van der Waals surface area contributed by atoms with Gasteiger partial charge in [0.25, 0.3) is 0 Å². The summed E-state index contributed by atoms with van der Waals surface area (Å²) in [5.74, 6) is 2.60. The lowest BCUT2D eigenvalue weighted by atomic mass is 9.94. The lowest BCUT2D eigenvalue weighted by molar-refractivity contribution is -0.119. The zero-order valence-corrected chi connectivity index (χ0v) is 24.0. The van der Waals surface area contributed by atoms with Gasteiger partial charge in [-0.25, -0.2) is 0 Å². The van der Waals surface area contributed by atoms with E-state index in [1.165, 1.54) is 12.5 Å². The van der Waals surface area contributed by atoms with Crippen molar-refractivity contribution < 1.29 is 19.1 Å². The number of carbonyl (C=O) groups excluding carboxylic acids is 3. The Morgan fingerprint density at radius 3 is 2.24 bits per heavy atom. The highest BCUT2D eigenvalue weighted by molar-refractivity contribution is 6.92. The molecule has 3 unspecified atom stereocenters. The second kappa shape index (κ2) is 19.5. The Hall–Kier alpha value is -1.84. The Labute approximate surface area is 211 Å². The highest BCUT2D eigenvalue weighted by Gasteiger charge is 2.20. The predicted molar refractivity (Wildman–Crippen MR) is 148 cm³/mol. The quantitative estimate of drug-likeness (QED) is 0.176. The van der Waals surface area contributed by atoms with Crippen LogP contribution in [0, 0.1) is 24.7 Å². The van der Waals surface area contributed by atoms with E-state index in [4.69, 9.17) is 9.53 Å². The van der Waals surface area contributed by atoms with Crippen molar-refractivity contribution in [1.29, 1.82) is 0 Å². The third-order valence-electron chi connectivity index (χ3n) is 6.04. The summed E-state index contributed by atoms with van der Waals surface area (Å²) in [5.41, 5.74) is 2.95. The molecule has 0 spiro atoms. The molecule has 34 heavy (non-hydrogen) atoms. The van der Waals surface area contributed by atoms with E-state index in [9.17, 15) is 9.59 Å². The van der Waals surface area contributed by atoms with E-state index in [0.29, 0.717) is 30.5 Å². The summed E-state index contributed by atoms with van der Waals surface area (Å²) >= 11 is 0. The van der Waals surface area contributed by atoms with Crippen molar-refractivity contribution in [3.8, 4) is 5.75 Å². The Kier molecular flexibility index (Phi) is 19.7. The van der Waals surface area contributed by atoms with Gasteiger partial charge in [-0.15, -0.1) is 0 Å². The molecular formula is C28H48NO4P. The molecule has 1 N–H and O–H groups in total. The SMILES string of the molecule is C=C(C)C(C)CCC(=O)CC.CC=O.CCC(C)C(=O)c1cccc(OCC2CNC2)c1C.P. The van der Waals surface area contributed by atoms with Crippen molar-refractivity contribution in [2.24, 2.45) is 17.8 Å². The number of benzene rings is 1. The van der Waals surface area contributed by atoms with E-state index in [0.717, 1.165) is 55.7 Å². The molecule has 1 fully saturated rings. The van der Waals surface area contributed by atoms with Gasteiger partial charge in [0.15, 0.2) is 5.78 Å². The van der Waals surface area contributed by atoms with Crippen molar-refractivity contribution >= 4 is 27.8 Å². The summed E-state index contributed by atoms with van der Waals surface area (Å²) in [7, 11) is 0. The van der Waals surface area contributed by atoms with Crippen LogP contribution >= 0.6 is 9.90 Å². The zero-order valence-electron chi connectivity index (χ0n) is 22.5. The number of ether oxygens (including phenoxy) is 1. The molecule has 3 atom stereocenters. The molecule has 1 aromatic rings. The second-order valence-electron chi connectivity index (χ2n) is 8.85. The standard InChI is InChI=1S/C16H23NO2.C10H18O.C2H4O.H3P/c1-4-11(2)16(18)14-6-5-7-15(12(14)3)19-10-13-8-17-9-13;1-5-10(11)7-6-9(4)8(2)3;1-2-3;/h5-7,11,13,17H,4,8-10H2,1-3H3;9H,2,5-7H2,1,3-4H3;2H,1H3;1H3. The summed E-state index contributed by atoms with van der Waals surface area (Å²) < 4.78 is 5.85. The van der Waals surface area contributed by atoms with Gasteiger partial charge in [-0.1, -0.05) is 52.0 Å². The Balaban J connectivity index is 0. The lowest BCUT2D eigenvalue weighted by Gasteiger charge is -2.27. The van der Waals surface area contributed by atoms with Gasteiger partial charge in [0.05, 0.1) is 6.61 Å². The topological polar surface area (TPSA) is 72.5 Å². The molecule has 2 rings (SSSR count). The van der Waals surface area contributed by atoms with Crippen LogP contribution in [-0.2, 0) is 9.59 Å². The number of rotatable bonds is 11. The molecule has 6 heteroatoms. The van der Waals surface area contributed by atoms with Crippen LogP contribution in [0.2, 0.25) is 0 Å². The Bertz CT molecular complexity index is 759. The van der Waals surface area contributed by atoms with Crippen LogP contribution in [-0.4, -0.2) is 37.5 Å². The third-order valence-corrected chi connectivity index (χ3v) is 6.04. The summed E-state index contributed by atoms with van der Waals surface area (Å²) in [5, 5.41) is 3.23. The van der Waals surface area contributed by atoms with Gasteiger partial charge in [0.2, 0.25) is 0 Å². The van der Waals surface area contributed by atoms with Crippen molar-refractivity contribution in [3.05, 3.63) is 41.5 Å². The first-order valence-corrected chi connectivity index (χ1v) is 12.2. The third kappa shape index (κ3) is 13.2. The second-order valence-corrected chi connectivity index (χ2v) is 8.85. The number of aldehydes is 1. The molecule has 1 aliphatic rings. The number of ketones is 2. The number of allylic oxidation sites excluding steroid dienone is 1. The fourth-order valence-electron chi connectivity index (χ4n) is 2.96. The van der Waals surface area contributed by atoms with Gasteiger partial charge in [-0.3, -0.25) is 9.59 Å². The largest absolute Gasteiger partial charge is 0.493 e. The molecule has 1 heterocycles. The summed E-state index contributed by atoms with van der Waals surface area (Å²) in [6.45, 7) is 20.1. The average Bonchev–Trinajstić information content (AvgIpc) is 2.77. The van der Waals surface area contributed by atoms with Gasteiger partial charge in [0.1, 0.15) is 17.8 Å². The predicted octanol–water partition coefficient (Wildman–Crippen LogP) is 6.04. The van der Waals surface area contributed by atoms with Crippen LogP contribution < -0.4 is 10.1 Å². The molecule has 5 nitrogen and oxygen atoms in total. The van der Waals surface area contributed by atoms with Crippen molar-refractivity contribution in [2.75, 3.05) is 19.7 Å². The van der Waals surface area contributed by atoms with E-state index in [1.54, 1.807) is 0 Å². The highest BCUT2D eigenvalue weighted by atomic mass is 31.0. The summed E-state index contributed by atoms with van der Waals surface area (Å²) in [4.78, 5) is 32.0. The fourth-order valence-corrected chi connectivity index (χ4v) is 2.96. The number of Topliss-reactive ketones (excluding diaryl/α,β-unsaturated/α-hetero) is 2. The van der Waals surface area contributed by atoms with E-state index in [-0.39, 0.29) is 21.6 Å². The normalized spacial score (nSPS) is 13.9. The highest BCUT2D eigenvalue weighted by Crippen LogP contribution is 2.25. The molecule has 0 radical (unpaired) electrons. The smallest absolute Gasteiger partial charge is 0.166 e. The maximum atomic E-state index is 12.3. The molecule has 0 bridgehead atoms. The van der Waals surface area contributed by atoms with E-state index >= 15 is 0 Å². The maximum absolute atomic E-state index is 12.3. The zero-order chi connectivity index (χ0) is 25.4. The maximum Gasteiger partial charge on any atom is 0.166 e. The molecular weight excluding hydrogens is 445 g/mol. The molecule has 0 aliphatic carbocycles. The van der Waals surface area contributed by atoms with Gasteiger partial charge < -0.3 is 14.8 Å². The number of nitrogens with one attached hydrogen (secondary N) is 1. The van der Waals surface area contributed by atoms with Crippen molar-refractivity contribution in [2.45, 2.75) is 74.1 Å². The first-order chi connectivity index (χ1) is 15.6. The van der Waals surface area contributed by atoms with E-state index in [1.807, 2.05) is 52.8 Å². The van der Waals surface area contributed by atoms with E-state index < -0.39 is 0 Å². The van der Waals surface area contributed by atoms with E-state index in [2.05, 4.69) is 18.8 Å². The average molecular weight is 494 g/mol. The summed E-state index contributed by atoms with van der Waals surface area (Å²) in [6, 6.07) is 5.77. The first-order valence-electron chi connectivity index (χ1n) is 12.2. The van der Waals surface area contributed by atoms with Crippen molar-refractivity contribution in [3.63, 3.8) is 0 Å². The molecule has 0 amide bonds. The molecule has 1 aliphatic heterocycles. The molecule has 1 saturated heterocycles. The number of carbonyl (C=O) groups is 3. The van der Waals surface area contributed by atoms with Gasteiger partial charge in [-0.2, -0.15) is 9.90 Å². The fraction of sp³-hybridized carbons (Fsp3) is 0.607. The van der Waals surface area contributed by atoms with Crippen LogP contribution in [0.15, 0.2) is 30.4 Å². The lowest BCUT2D eigenvalue weighted by Crippen LogP contribution is -2.45. The summed E-state index contributed by atoms with van der Waals surface area (Å²) in [6.07, 6.45) is 3.96. The van der Waals surface area contributed by atoms with Gasteiger partial charge >= 0.3 is 0 Å². The minimum atomic E-state index is 0. The Morgan fingerprint density at radius 1 is 1.21 bits per heavy atom. The monoisotopic (exact) mass is 493 g/mol. The van der Waals surface area contributed by atoms with Crippen LogP contribution in [0.25, 0.3) is 0 Å². The molecule has 194 valence electrons. The van der Waals surface area contributed by atoms with Crippen LogP contribution in [0.5, 0.6) is 5.75 Å². The number of hydrogen-bond acceptors (Lipinski definition) is 5. The van der Waals surface area contributed by atoms with Gasteiger partial charge in [0, 0.05) is 48.9 Å². The van der Waals surface area contributed by atoms with Crippen molar-refractivity contribution in [1.82, 2.24) is 5.32 Å². The first kappa shape index (κ1) is 34.3. The van der Waals surface area contributed by atoms with Crippen LogP contribution in [0.4, 0.5) is 0 Å². The molecule has 1 aromatic carbocycles. The van der Waals surface area contributed by atoms with Crippen LogP contribution in [0.1, 0.15) is 83.1 Å². The molecule has 0 aromatic heterocycles. The Morgan fingerprint density at radius 2 is 1.79 bits per heavy atom. The number of hydrogen-bond donors (Lipinski definition) is 1. The molecule has 0 saturated carbocycles. The minimum Gasteiger partial charge on any atom is -0.493 e. The minimum absolute atomic E-state index is 0. The van der Waals surface area contributed by atoms with Crippen LogP contribution in [0.3, 0.4) is 0 Å². The van der Waals surface area contributed by atoms with Gasteiger partial charge in [-0.05, 0) is 45.6 Å².